The predicted octanol–water partition coefficient (Wildman–Crippen LogP) is 9.53. The van der Waals surface area contributed by atoms with Crippen molar-refractivity contribution in [2.75, 3.05) is 0 Å². The van der Waals surface area contributed by atoms with E-state index in [9.17, 15) is 0 Å². The van der Waals surface area contributed by atoms with Gasteiger partial charge in [0.05, 0.1) is 0 Å². The number of hydrogen-bond acceptors (Lipinski definition) is 0. The molecule has 2 radical (unpaired) electrons. The maximum absolute atomic E-state index is 3.72. The van der Waals surface area contributed by atoms with Crippen molar-refractivity contribution < 1.29 is 23.3 Å². The summed E-state index contributed by atoms with van der Waals surface area (Å²) in [5.41, 5.74) is 3.76. The van der Waals surface area contributed by atoms with E-state index in [0.29, 0.717) is 0 Å². The van der Waals surface area contributed by atoms with Gasteiger partial charge in [0.25, 0.3) is 0 Å². The molecule has 180 valence electrons. The first kappa shape index (κ1) is 26.9. The van der Waals surface area contributed by atoms with E-state index < -0.39 is 0 Å². The molecule has 0 amide bonds. The summed E-state index contributed by atoms with van der Waals surface area (Å²) >= 11 is 1.36. The van der Waals surface area contributed by atoms with Crippen LogP contribution in [0.2, 0.25) is 0 Å². The van der Waals surface area contributed by atoms with Gasteiger partial charge >= 0.3 is 30.2 Å². The van der Waals surface area contributed by atoms with E-state index in [1.165, 1.54) is 77.6 Å². The molecular formula is C35H29SiZr-3. The molecule has 0 aromatic heterocycles. The predicted molar refractivity (Wildman–Crippen MR) is 160 cm³/mol. The molecule has 0 saturated carbocycles. The van der Waals surface area contributed by atoms with E-state index in [1.807, 2.05) is 30.3 Å². The minimum atomic E-state index is 1.07. The molecule has 37 heavy (non-hydrogen) atoms. The first-order chi connectivity index (χ1) is 18.1. The second kappa shape index (κ2) is 12.9. The second-order valence-electron chi connectivity index (χ2n) is 9.13. The van der Waals surface area contributed by atoms with E-state index >= 15 is 0 Å². The zero-order valence-electron chi connectivity index (χ0n) is 21.3. The Balaban J connectivity index is 0.000000132. The Labute approximate surface area is 236 Å². The van der Waals surface area contributed by atoms with E-state index in [1.54, 1.807) is 0 Å². The van der Waals surface area contributed by atoms with Gasteiger partial charge in [-0.05, 0) is 0 Å². The van der Waals surface area contributed by atoms with Crippen LogP contribution < -0.4 is 0 Å². The van der Waals surface area contributed by atoms with Crippen LogP contribution in [-0.4, -0.2) is 6.88 Å². The van der Waals surface area contributed by atoms with E-state index in [2.05, 4.69) is 125 Å². The van der Waals surface area contributed by atoms with Gasteiger partial charge < -0.3 is 0 Å². The molecule has 7 rings (SSSR count). The third-order valence-electron chi connectivity index (χ3n) is 6.36. The molecule has 0 atom stereocenters. The van der Waals surface area contributed by atoms with Gasteiger partial charge in [-0.25, -0.2) is 0 Å². The van der Waals surface area contributed by atoms with Crippen molar-refractivity contribution in [3.05, 3.63) is 151 Å². The molecule has 0 N–H and O–H groups in total. The fourth-order valence-electron chi connectivity index (χ4n) is 4.71. The molecule has 0 aliphatic rings. The van der Waals surface area contributed by atoms with Gasteiger partial charge in [-0.3, -0.25) is 0 Å². The maximum atomic E-state index is 3.72. The summed E-state index contributed by atoms with van der Waals surface area (Å²) < 4.78 is 0. The summed E-state index contributed by atoms with van der Waals surface area (Å²) in [6, 6.07) is 44.7. The molecule has 0 fully saturated rings. The van der Waals surface area contributed by atoms with Crippen molar-refractivity contribution in [2.45, 2.75) is 13.8 Å². The summed E-state index contributed by atoms with van der Waals surface area (Å²) in [6.07, 6.45) is 0. The molecule has 0 aliphatic carbocycles. The summed E-state index contributed by atoms with van der Waals surface area (Å²) in [4.78, 5) is 0. The Bertz CT molecular complexity index is 1630. The fourth-order valence-corrected chi connectivity index (χ4v) is 4.71. The topological polar surface area (TPSA) is 0 Å². The van der Waals surface area contributed by atoms with E-state index in [-0.39, 0.29) is 0 Å². The molecule has 0 heterocycles. The first-order valence-corrected chi connectivity index (χ1v) is 16.5. The van der Waals surface area contributed by atoms with E-state index in [4.69, 9.17) is 0 Å². The molecule has 2 heteroatoms. The molecule has 7 aromatic carbocycles. The number of aryl methyl sites for hydroxylation is 2. The summed E-state index contributed by atoms with van der Waals surface area (Å²) in [6.45, 7) is 11.1. The van der Waals surface area contributed by atoms with Crippen molar-refractivity contribution in [1.82, 2.24) is 0 Å². The zero-order valence-corrected chi connectivity index (χ0v) is 24.8. The van der Waals surface area contributed by atoms with Crippen LogP contribution in [0.3, 0.4) is 0 Å². The molecule has 0 spiro atoms. The molecule has 0 unspecified atom stereocenters. The Morgan fingerprint density at radius 3 is 1.30 bits per heavy atom. The average molecular weight is 569 g/mol. The second-order valence-corrected chi connectivity index (χ2v) is 9.13. The summed E-state index contributed by atoms with van der Waals surface area (Å²) in [5, 5.41) is 10.8. The Morgan fingerprint density at radius 1 is 0.514 bits per heavy atom. The van der Waals surface area contributed by atoms with Crippen molar-refractivity contribution in [3.8, 4) is 0 Å². The standard InChI is InChI=1S/2C14H11.C7H7.Si.Zr/c2*1-10-8-12-7-6-11-4-2-3-5-13(11)14(12)9-10;1-7-5-3-2-4-6-7;;/h2*2-9H,1H3;2-6H,1H2;;/q3*-1;;. The number of benzene rings is 5. The van der Waals surface area contributed by atoms with Crippen molar-refractivity contribution in [1.29, 1.82) is 0 Å². The number of fused-ring (bicyclic) bond motifs is 6. The van der Waals surface area contributed by atoms with Gasteiger partial charge in [-0.15, -0.1) is 69.1 Å². The summed E-state index contributed by atoms with van der Waals surface area (Å²) in [7, 11) is 0. The fraction of sp³-hybridized carbons (Fsp3) is 0.0571. The number of hydrogen-bond donors (Lipinski definition) is 0. The average Bonchev–Trinajstić information content (AvgIpc) is 3.52. The zero-order chi connectivity index (χ0) is 26.2. The van der Waals surface area contributed by atoms with Gasteiger partial charge in [0.1, 0.15) is 0 Å². The number of rotatable bonds is 0. The Morgan fingerprint density at radius 2 is 0.892 bits per heavy atom. The van der Waals surface area contributed by atoms with Crippen LogP contribution in [0.5, 0.6) is 0 Å². The Hall–Kier alpha value is -3.19. The quantitative estimate of drug-likeness (QED) is 0.126. The van der Waals surface area contributed by atoms with Crippen LogP contribution in [0.1, 0.15) is 16.7 Å². The molecule has 0 bridgehead atoms. The van der Waals surface area contributed by atoms with Crippen molar-refractivity contribution >= 4 is 50.0 Å². The minimum absolute atomic E-state index is 1.07. The summed E-state index contributed by atoms with van der Waals surface area (Å²) in [5.74, 6) is 0. The normalized spacial score (nSPS) is 10.2. The Kier molecular flexibility index (Phi) is 9.34. The first-order valence-electron chi connectivity index (χ1n) is 12.3. The van der Waals surface area contributed by atoms with Gasteiger partial charge in [0.2, 0.25) is 0 Å². The molecule has 0 saturated heterocycles. The van der Waals surface area contributed by atoms with Crippen LogP contribution >= 0.6 is 0 Å². The van der Waals surface area contributed by atoms with Crippen LogP contribution in [0.25, 0.3) is 43.1 Å². The van der Waals surface area contributed by atoms with Crippen molar-refractivity contribution in [2.24, 2.45) is 0 Å². The molecule has 0 nitrogen and oxygen atoms in total. The van der Waals surface area contributed by atoms with Crippen LogP contribution in [0, 0.1) is 20.8 Å². The monoisotopic (exact) mass is 567 g/mol. The molecular weight excluding hydrogens is 540 g/mol. The van der Waals surface area contributed by atoms with E-state index in [0.717, 1.165) is 5.56 Å². The SMILES string of the molecule is Cc1cc2ccc3ccccc3c2[cH-]1.Cc1cc2ccc3ccccc3c2[cH-]1.[CH2-]c1ccccc1.[Si]=[Zr]. The van der Waals surface area contributed by atoms with Gasteiger partial charge in [0, 0.05) is 0 Å². The van der Waals surface area contributed by atoms with Gasteiger partial charge in [-0.1, -0.05) is 102 Å². The third kappa shape index (κ3) is 6.58. The van der Waals surface area contributed by atoms with Crippen molar-refractivity contribution in [3.63, 3.8) is 0 Å². The van der Waals surface area contributed by atoms with Crippen LogP contribution in [-0.2, 0) is 23.3 Å². The molecule has 7 aromatic rings. The van der Waals surface area contributed by atoms with Crippen LogP contribution in [0.4, 0.5) is 0 Å². The molecule has 0 aliphatic heterocycles. The van der Waals surface area contributed by atoms with Crippen LogP contribution in [0.15, 0.2) is 127 Å². The van der Waals surface area contributed by atoms with Gasteiger partial charge in [0.15, 0.2) is 0 Å². The van der Waals surface area contributed by atoms with Gasteiger partial charge in [-0.2, -0.15) is 36.8 Å². The third-order valence-corrected chi connectivity index (χ3v) is 6.36.